The number of rotatable bonds is 4. The van der Waals surface area contributed by atoms with Crippen LogP contribution in [0, 0.1) is 6.92 Å². The predicted octanol–water partition coefficient (Wildman–Crippen LogP) is 2.36. The lowest BCUT2D eigenvalue weighted by atomic mass is 10.1. The van der Waals surface area contributed by atoms with Crippen LogP contribution in [0.3, 0.4) is 0 Å². The molecule has 9 heteroatoms. The zero-order chi connectivity index (χ0) is 19.1. The van der Waals surface area contributed by atoms with Crippen molar-refractivity contribution in [2.45, 2.75) is 18.2 Å². The summed E-state index contributed by atoms with van der Waals surface area (Å²) in [5, 5.41) is 13.1. The Morgan fingerprint density at radius 3 is 2.73 bits per heavy atom. The highest BCUT2D eigenvalue weighted by Crippen LogP contribution is 2.26. The van der Waals surface area contributed by atoms with E-state index < -0.39 is 10.0 Å². The van der Waals surface area contributed by atoms with Gasteiger partial charge in [0.2, 0.25) is 15.9 Å². The lowest BCUT2D eigenvalue weighted by Gasteiger charge is -2.09. The summed E-state index contributed by atoms with van der Waals surface area (Å²) in [4.78, 5) is 12.3. The minimum Gasteiger partial charge on any atom is -0.326 e. The van der Waals surface area contributed by atoms with Gasteiger partial charge in [-0.3, -0.25) is 9.48 Å². The van der Waals surface area contributed by atoms with E-state index in [1.165, 1.54) is 10.7 Å². The van der Waals surface area contributed by atoms with E-state index in [-0.39, 0.29) is 17.2 Å². The molecule has 3 rings (SSSR count). The fourth-order valence-electron chi connectivity index (χ4n) is 2.73. The standard InChI is InChI=1S/C17H17ClN4O3S/c1-10-3-4-14(18)11(5-10)6-17(23)20-12-7-15-13(9-22(2)21-15)16(8-12)26(19,24)25/h3-5,7-9H,6H2,1-2H3,(H,20,23)(H2,19,24,25). The van der Waals surface area contributed by atoms with Crippen molar-refractivity contribution in [2.24, 2.45) is 12.2 Å². The van der Waals surface area contributed by atoms with Crippen LogP contribution in [-0.2, 0) is 28.3 Å². The summed E-state index contributed by atoms with van der Waals surface area (Å²) in [5.74, 6) is -0.326. The van der Waals surface area contributed by atoms with Crippen LogP contribution in [0.25, 0.3) is 10.9 Å². The van der Waals surface area contributed by atoms with Crippen LogP contribution in [0.1, 0.15) is 11.1 Å². The van der Waals surface area contributed by atoms with Gasteiger partial charge >= 0.3 is 0 Å². The molecule has 0 aliphatic rings. The van der Waals surface area contributed by atoms with E-state index in [1.807, 2.05) is 19.1 Å². The highest BCUT2D eigenvalue weighted by Gasteiger charge is 2.17. The number of hydrogen-bond donors (Lipinski definition) is 2. The van der Waals surface area contributed by atoms with Gasteiger partial charge in [-0.2, -0.15) is 5.10 Å². The minimum atomic E-state index is -3.97. The number of aromatic nitrogens is 2. The Hall–Kier alpha value is -2.42. The highest BCUT2D eigenvalue weighted by atomic mass is 35.5. The van der Waals surface area contributed by atoms with Crippen LogP contribution in [0.2, 0.25) is 5.02 Å². The Labute approximate surface area is 155 Å². The predicted molar refractivity (Wildman–Crippen MR) is 101 cm³/mol. The zero-order valence-electron chi connectivity index (χ0n) is 14.2. The Morgan fingerprint density at radius 2 is 2.04 bits per heavy atom. The Balaban J connectivity index is 1.93. The summed E-state index contributed by atoms with van der Waals surface area (Å²) in [7, 11) is -2.30. The first-order valence-electron chi connectivity index (χ1n) is 7.68. The molecule has 0 saturated heterocycles. The van der Waals surface area contributed by atoms with E-state index in [0.717, 1.165) is 5.56 Å². The second kappa shape index (κ2) is 6.71. The number of amides is 1. The Morgan fingerprint density at radius 1 is 1.31 bits per heavy atom. The number of halogens is 1. The molecule has 1 amide bonds. The van der Waals surface area contributed by atoms with Gasteiger partial charge in [0.05, 0.1) is 16.8 Å². The third-order valence-corrected chi connectivity index (χ3v) is 5.16. The lowest BCUT2D eigenvalue weighted by Crippen LogP contribution is -2.16. The second-order valence-electron chi connectivity index (χ2n) is 6.07. The molecular formula is C17H17ClN4O3S. The molecule has 0 fully saturated rings. The monoisotopic (exact) mass is 392 g/mol. The van der Waals surface area contributed by atoms with E-state index >= 15 is 0 Å². The highest BCUT2D eigenvalue weighted by molar-refractivity contribution is 7.89. The number of fused-ring (bicyclic) bond motifs is 1. The summed E-state index contributed by atoms with van der Waals surface area (Å²) in [5.41, 5.74) is 2.40. The van der Waals surface area contributed by atoms with E-state index in [2.05, 4.69) is 10.4 Å². The van der Waals surface area contributed by atoms with Crippen LogP contribution in [0.5, 0.6) is 0 Å². The van der Waals surface area contributed by atoms with E-state index in [9.17, 15) is 13.2 Å². The van der Waals surface area contributed by atoms with Crippen molar-refractivity contribution in [1.29, 1.82) is 0 Å². The van der Waals surface area contributed by atoms with Crippen LogP contribution < -0.4 is 10.5 Å². The number of sulfonamides is 1. The maximum Gasteiger partial charge on any atom is 0.238 e. The normalized spacial score (nSPS) is 11.7. The number of carbonyl (C=O) groups excluding carboxylic acids is 1. The van der Waals surface area contributed by atoms with E-state index in [0.29, 0.717) is 27.2 Å². The lowest BCUT2D eigenvalue weighted by molar-refractivity contribution is -0.115. The SMILES string of the molecule is Cc1ccc(Cl)c(CC(=O)Nc2cc(S(N)(=O)=O)c3cn(C)nc3c2)c1. The number of nitrogens with zero attached hydrogens (tertiary/aromatic N) is 2. The molecule has 2 aromatic carbocycles. The molecule has 0 bridgehead atoms. The molecule has 0 unspecified atom stereocenters. The minimum absolute atomic E-state index is 0.0610. The Kier molecular flexibility index (Phi) is 4.74. The van der Waals surface area contributed by atoms with Crippen molar-refractivity contribution in [3.8, 4) is 0 Å². The Bertz CT molecular complexity index is 1120. The largest absolute Gasteiger partial charge is 0.326 e. The molecular weight excluding hydrogens is 376 g/mol. The molecule has 0 saturated carbocycles. The van der Waals surface area contributed by atoms with Crippen LogP contribution in [0.4, 0.5) is 5.69 Å². The topological polar surface area (TPSA) is 107 Å². The molecule has 0 atom stereocenters. The number of anilines is 1. The fraction of sp³-hybridized carbons (Fsp3) is 0.176. The summed E-state index contributed by atoms with van der Waals surface area (Å²) in [6.45, 7) is 1.91. The molecule has 1 aromatic heterocycles. The first-order chi connectivity index (χ1) is 12.1. The molecule has 0 aliphatic carbocycles. The average Bonchev–Trinajstić information content (AvgIpc) is 2.89. The molecule has 3 aromatic rings. The number of nitrogens with two attached hydrogens (primary N) is 1. The summed E-state index contributed by atoms with van der Waals surface area (Å²) in [6.07, 6.45) is 1.62. The smallest absolute Gasteiger partial charge is 0.238 e. The van der Waals surface area contributed by atoms with Gasteiger partial charge in [0.25, 0.3) is 0 Å². The fourth-order valence-corrected chi connectivity index (χ4v) is 3.67. The van der Waals surface area contributed by atoms with Crippen molar-refractivity contribution in [1.82, 2.24) is 9.78 Å². The van der Waals surface area contributed by atoms with Crippen molar-refractivity contribution < 1.29 is 13.2 Å². The number of benzene rings is 2. The molecule has 136 valence electrons. The number of nitrogens with one attached hydrogen (secondary N) is 1. The van der Waals surface area contributed by atoms with Crippen LogP contribution >= 0.6 is 11.6 Å². The maximum atomic E-state index is 12.4. The molecule has 0 radical (unpaired) electrons. The number of hydrogen-bond acceptors (Lipinski definition) is 4. The first-order valence-corrected chi connectivity index (χ1v) is 9.61. The van der Waals surface area contributed by atoms with Gasteiger partial charge in [-0.15, -0.1) is 0 Å². The van der Waals surface area contributed by atoms with Gasteiger partial charge < -0.3 is 5.32 Å². The zero-order valence-corrected chi connectivity index (χ0v) is 15.7. The summed E-state index contributed by atoms with van der Waals surface area (Å²) >= 11 is 6.12. The van der Waals surface area contributed by atoms with Gasteiger partial charge in [0.1, 0.15) is 0 Å². The summed E-state index contributed by atoms with van der Waals surface area (Å²) in [6, 6.07) is 8.35. The second-order valence-corrected chi connectivity index (χ2v) is 8.01. The molecule has 0 spiro atoms. The molecule has 0 aliphatic heterocycles. The average molecular weight is 393 g/mol. The maximum absolute atomic E-state index is 12.4. The van der Waals surface area contributed by atoms with Crippen molar-refractivity contribution in [3.05, 3.63) is 52.7 Å². The molecule has 7 nitrogen and oxygen atoms in total. The van der Waals surface area contributed by atoms with Gasteiger partial charge in [-0.1, -0.05) is 29.3 Å². The quantitative estimate of drug-likeness (QED) is 0.710. The van der Waals surface area contributed by atoms with Crippen molar-refractivity contribution in [2.75, 3.05) is 5.32 Å². The first kappa shape index (κ1) is 18.4. The third kappa shape index (κ3) is 3.87. The van der Waals surface area contributed by atoms with Gasteiger partial charge in [-0.25, -0.2) is 13.6 Å². The van der Waals surface area contributed by atoms with Crippen LogP contribution in [-0.4, -0.2) is 24.1 Å². The summed E-state index contributed by atoms with van der Waals surface area (Å²) < 4.78 is 25.2. The number of aryl methyl sites for hydroxylation is 2. The van der Waals surface area contributed by atoms with Crippen LogP contribution in [0.15, 0.2) is 41.4 Å². The molecule has 1 heterocycles. The van der Waals surface area contributed by atoms with Gasteiger partial charge in [-0.05, 0) is 30.7 Å². The van der Waals surface area contributed by atoms with E-state index in [4.69, 9.17) is 16.7 Å². The number of carbonyl (C=O) groups is 1. The molecule has 26 heavy (non-hydrogen) atoms. The van der Waals surface area contributed by atoms with Crippen molar-refractivity contribution in [3.63, 3.8) is 0 Å². The van der Waals surface area contributed by atoms with Crippen molar-refractivity contribution >= 4 is 44.1 Å². The van der Waals surface area contributed by atoms with Gasteiger partial charge in [0.15, 0.2) is 0 Å². The van der Waals surface area contributed by atoms with Gasteiger partial charge in [0, 0.05) is 29.3 Å². The molecule has 3 N–H and O–H groups in total. The third-order valence-electron chi connectivity index (χ3n) is 3.84. The van der Waals surface area contributed by atoms with E-state index in [1.54, 1.807) is 25.4 Å². The number of primary sulfonamides is 1.